The molecule has 0 unspecified atom stereocenters. The van der Waals surface area contributed by atoms with Crippen LogP contribution in [0.1, 0.15) is 29.7 Å². The largest absolute Gasteiger partial charge is 0.416 e. The summed E-state index contributed by atoms with van der Waals surface area (Å²) >= 11 is 0. The van der Waals surface area contributed by atoms with E-state index < -0.39 is 11.7 Å². The summed E-state index contributed by atoms with van der Waals surface area (Å²) < 4.78 is 39.0. The molecular weight excluding hydrogens is 281 g/mol. The first-order chi connectivity index (χ1) is 10.0. The van der Waals surface area contributed by atoms with Gasteiger partial charge in [-0.2, -0.15) is 13.2 Å². The molecule has 0 bridgehead atoms. The number of rotatable bonds is 5. The highest BCUT2D eigenvalue weighted by Gasteiger charge is 2.29. The summed E-state index contributed by atoms with van der Waals surface area (Å²) in [6.07, 6.45) is -0.0696. The molecule has 1 fully saturated rings. The third-order valence-electron chi connectivity index (χ3n) is 3.36. The maximum absolute atomic E-state index is 12.5. The van der Waals surface area contributed by atoms with Crippen molar-refractivity contribution in [2.45, 2.75) is 38.1 Å². The summed E-state index contributed by atoms with van der Waals surface area (Å²) in [6, 6.07) is 5.70. The topological polar surface area (TPSA) is 42.7 Å². The van der Waals surface area contributed by atoms with Crippen LogP contribution in [0.2, 0.25) is 0 Å². The lowest BCUT2D eigenvalue weighted by molar-refractivity contribution is -0.137. The van der Waals surface area contributed by atoms with Gasteiger partial charge in [0.1, 0.15) is 0 Å². The number of alkyl halides is 3. The predicted molar refractivity (Wildman–Crippen MR) is 70.4 cm³/mol. The second-order valence-corrected chi connectivity index (χ2v) is 5.26. The van der Waals surface area contributed by atoms with E-state index in [1.165, 1.54) is 25.0 Å². The van der Waals surface area contributed by atoms with Crippen LogP contribution in [0, 0.1) is 0 Å². The van der Waals surface area contributed by atoms with E-state index in [1.54, 1.807) is 4.68 Å². The van der Waals surface area contributed by atoms with Gasteiger partial charge in [-0.25, -0.2) is 4.68 Å². The van der Waals surface area contributed by atoms with Gasteiger partial charge >= 0.3 is 6.18 Å². The molecule has 7 heteroatoms. The van der Waals surface area contributed by atoms with E-state index in [2.05, 4.69) is 15.6 Å². The van der Waals surface area contributed by atoms with Crippen LogP contribution in [0.5, 0.6) is 0 Å². The van der Waals surface area contributed by atoms with E-state index in [0.717, 1.165) is 23.4 Å². The molecule has 1 saturated carbocycles. The fourth-order valence-corrected chi connectivity index (χ4v) is 2.02. The van der Waals surface area contributed by atoms with Gasteiger partial charge in [-0.3, -0.25) is 0 Å². The summed E-state index contributed by atoms with van der Waals surface area (Å²) in [5.74, 6) is 0. The molecule has 3 rings (SSSR count). The maximum Gasteiger partial charge on any atom is 0.416 e. The van der Waals surface area contributed by atoms with Gasteiger partial charge in [0.25, 0.3) is 0 Å². The standard InChI is InChI=1S/C14H15F3N4/c15-14(16,17)11-3-1-10(2-4-11)8-21-9-13(19-20-21)7-18-12-5-6-12/h1-4,9,12,18H,5-8H2. The van der Waals surface area contributed by atoms with Gasteiger partial charge in [-0.05, 0) is 30.5 Å². The van der Waals surface area contributed by atoms with Crippen LogP contribution in [0.15, 0.2) is 30.5 Å². The van der Waals surface area contributed by atoms with Gasteiger partial charge in [-0.1, -0.05) is 17.3 Å². The summed E-state index contributed by atoms with van der Waals surface area (Å²) in [6.45, 7) is 1.09. The van der Waals surface area contributed by atoms with E-state index in [-0.39, 0.29) is 0 Å². The Morgan fingerprint density at radius 3 is 2.52 bits per heavy atom. The maximum atomic E-state index is 12.5. The highest BCUT2D eigenvalue weighted by molar-refractivity contribution is 5.24. The first-order valence-corrected chi connectivity index (χ1v) is 6.79. The Labute approximate surface area is 120 Å². The van der Waals surface area contributed by atoms with Crippen LogP contribution >= 0.6 is 0 Å². The minimum absolute atomic E-state index is 0.411. The third kappa shape index (κ3) is 3.81. The van der Waals surface area contributed by atoms with Crippen LogP contribution in [0.4, 0.5) is 13.2 Å². The zero-order valence-electron chi connectivity index (χ0n) is 11.3. The average molecular weight is 296 g/mol. The van der Waals surface area contributed by atoms with Crippen LogP contribution < -0.4 is 5.32 Å². The average Bonchev–Trinajstić information content (AvgIpc) is 3.16. The molecule has 1 aliphatic rings. The number of hydrogen-bond acceptors (Lipinski definition) is 3. The normalized spacial score (nSPS) is 15.4. The van der Waals surface area contributed by atoms with Crippen molar-refractivity contribution in [1.29, 1.82) is 0 Å². The summed E-state index contributed by atoms with van der Waals surface area (Å²) in [4.78, 5) is 0. The van der Waals surface area contributed by atoms with Crippen molar-refractivity contribution in [3.05, 3.63) is 47.3 Å². The summed E-state index contributed by atoms with van der Waals surface area (Å²) in [5.41, 5.74) is 0.961. The molecule has 0 atom stereocenters. The monoisotopic (exact) mass is 296 g/mol. The van der Waals surface area contributed by atoms with E-state index in [1.807, 2.05) is 6.20 Å². The molecule has 21 heavy (non-hydrogen) atoms. The van der Waals surface area contributed by atoms with Crippen molar-refractivity contribution in [1.82, 2.24) is 20.3 Å². The van der Waals surface area contributed by atoms with Crippen molar-refractivity contribution in [3.8, 4) is 0 Å². The molecule has 1 heterocycles. The molecule has 0 radical (unpaired) electrons. The Balaban J connectivity index is 1.60. The van der Waals surface area contributed by atoms with E-state index in [4.69, 9.17) is 0 Å². The Kier molecular flexibility index (Phi) is 3.67. The number of nitrogens with zero attached hydrogens (tertiary/aromatic N) is 3. The second kappa shape index (κ2) is 5.48. The number of benzene rings is 1. The zero-order valence-corrected chi connectivity index (χ0v) is 11.3. The lowest BCUT2D eigenvalue weighted by atomic mass is 10.1. The third-order valence-corrected chi connectivity index (χ3v) is 3.36. The van der Waals surface area contributed by atoms with Crippen molar-refractivity contribution >= 4 is 0 Å². The lowest BCUT2D eigenvalue weighted by Crippen LogP contribution is -2.15. The molecule has 4 nitrogen and oxygen atoms in total. The Bertz CT molecular complexity index is 599. The summed E-state index contributed by atoms with van der Waals surface area (Å²) in [5, 5.41) is 11.4. The highest BCUT2D eigenvalue weighted by Crippen LogP contribution is 2.29. The Hall–Kier alpha value is -1.89. The molecule has 0 saturated heterocycles. The first-order valence-electron chi connectivity index (χ1n) is 6.79. The number of nitrogens with one attached hydrogen (secondary N) is 1. The lowest BCUT2D eigenvalue weighted by Gasteiger charge is -2.07. The Morgan fingerprint density at radius 1 is 1.19 bits per heavy atom. The quantitative estimate of drug-likeness (QED) is 0.922. The van der Waals surface area contributed by atoms with Crippen LogP contribution in [0.25, 0.3) is 0 Å². The van der Waals surface area contributed by atoms with Crippen molar-refractivity contribution < 1.29 is 13.2 Å². The van der Waals surface area contributed by atoms with Crippen molar-refractivity contribution in [3.63, 3.8) is 0 Å². The molecule has 0 spiro atoms. The molecule has 0 amide bonds. The van der Waals surface area contributed by atoms with Crippen molar-refractivity contribution in [2.75, 3.05) is 0 Å². The first kappa shape index (κ1) is 14.1. The van der Waals surface area contributed by atoms with E-state index >= 15 is 0 Å². The van der Waals surface area contributed by atoms with Gasteiger partial charge in [0.15, 0.2) is 0 Å². The van der Waals surface area contributed by atoms with Gasteiger partial charge in [0.05, 0.1) is 24.0 Å². The Morgan fingerprint density at radius 2 is 1.90 bits per heavy atom. The number of halogens is 3. The van der Waals surface area contributed by atoms with Gasteiger partial charge in [0, 0.05) is 12.6 Å². The second-order valence-electron chi connectivity index (χ2n) is 5.26. The molecule has 0 aliphatic heterocycles. The fraction of sp³-hybridized carbons (Fsp3) is 0.429. The fourth-order valence-electron chi connectivity index (χ4n) is 2.02. The van der Waals surface area contributed by atoms with Crippen LogP contribution in [0.3, 0.4) is 0 Å². The smallest absolute Gasteiger partial charge is 0.308 e. The molecule has 1 N–H and O–H groups in total. The minimum atomic E-state index is -4.30. The molecule has 1 aliphatic carbocycles. The van der Waals surface area contributed by atoms with E-state index in [9.17, 15) is 13.2 Å². The van der Waals surface area contributed by atoms with Crippen molar-refractivity contribution in [2.24, 2.45) is 0 Å². The van der Waals surface area contributed by atoms with Crippen LogP contribution in [-0.4, -0.2) is 21.0 Å². The van der Waals surface area contributed by atoms with E-state index in [0.29, 0.717) is 19.1 Å². The highest BCUT2D eigenvalue weighted by atomic mass is 19.4. The SMILES string of the molecule is FC(F)(F)c1ccc(Cn2cc(CNC3CC3)nn2)cc1. The molecule has 2 aromatic rings. The van der Waals surface area contributed by atoms with Gasteiger partial charge in [0.2, 0.25) is 0 Å². The predicted octanol–water partition coefficient (Wildman–Crippen LogP) is 2.60. The molecule has 1 aromatic carbocycles. The molecule has 112 valence electrons. The number of aromatic nitrogens is 3. The van der Waals surface area contributed by atoms with Crippen LogP contribution in [-0.2, 0) is 19.3 Å². The molecule has 1 aromatic heterocycles. The van der Waals surface area contributed by atoms with Gasteiger partial charge < -0.3 is 5.32 Å². The number of hydrogen-bond donors (Lipinski definition) is 1. The van der Waals surface area contributed by atoms with Gasteiger partial charge in [-0.15, -0.1) is 5.10 Å². The summed E-state index contributed by atoms with van der Waals surface area (Å²) in [7, 11) is 0. The zero-order chi connectivity index (χ0) is 14.9. The molecular formula is C14H15F3N4. The minimum Gasteiger partial charge on any atom is -0.308 e.